The van der Waals surface area contributed by atoms with Crippen molar-refractivity contribution in [2.45, 2.75) is 64.2 Å². The van der Waals surface area contributed by atoms with E-state index in [1.807, 2.05) is 18.3 Å². The van der Waals surface area contributed by atoms with Crippen molar-refractivity contribution in [1.29, 1.82) is 0 Å². The van der Waals surface area contributed by atoms with Crippen LogP contribution in [0.4, 0.5) is 0 Å². The Morgan fingerprint density at radius 1 is 1.44 bits per heavy atom. The Morgan fingerprint density at radius 3 is 2.96 bits per heavy atom. The highest BCUT2D eigenvalue weighted by molar-refractivity contribution is 7.85. The number of guanidine groups is 1. The molecule has 1 fully saturated rings. The van der Waals surface area contributed by atoms with Crippen molar-refractivity contribution in [3.63, 3.8) is 0 Å². The Balaban J connectivity index is 1.87. The van der Waals surface area contributed by atoms with Gasteiger partial charge in [0.25, 0.3) is 0 Å². The molecule has 4 atom stereocenters. The van der Waals surface area contributed by atoms with Gasteiger partial charge in [-0.15, -0.1) is 11.3 Å². The van der Waals surface area contributed by atoms with Crippen molar-refractivity contribution in [2.75, 3.05) is 18.8 Å². The van der Waals surface area contributed by atoms with Gasteiger partial charge in [-0.1, -0.05) is 26.3 Å². The van der Waals surface area contributed by atoms with Gasteiger partial charge in [-0.05, 0) is 50.0 Å². The van der Waals surface area contributed by atoms with E-state index in [9.17, 15) is 4.21 Å². The van der Waals surface area contributed by atoms with Crippen LogP contribution in [0, 0.1) is 5.92 Å². The number of thiophene rings is 1. The van der Waals surface area contributed by atoms with Crippen LogP contribution in [-0.2, 0) is 17.2 Å². The minimum atomic E-state index is -0.682. The van der Waals surface area contributed by atoms with Gasteiger partial charge in [-0.3, -0.25) is 9.20 Å². The van der Waals surface area contributed by atoms with Gasteiger partial charge < -0.3 is 10.6 Å². The maximum atomic E-state index is 12.1. The number of hydrogen-bond donors (Lipinski definition) is 2. The molecule has 25 heavy (non-hydrogen) atoms. The molecule has 2 rings (SSSR count). The maximum absolute atomic E-state index is 12.1. The molecule has 1 saturated carbocycles. The second kappa shape index (κ2) is 11.0. The van der Waals surface area contributed by atoms with Crippen LogP contribution in [0.5, 0.6) is 0 Å². The van der Waals surface area contributed by atoms with Crippen LogP contribution in [0.1, 0.15) is 51.3 Å². The molecule has 0 radical (unpaired) electrons. The lowest BCUT2D eigenvalue weighted by molar-refractivity contribution is 0.413. The predicted molar refractivity (Wildman–Crippen MR) is 111 cm³/mol. The summed E-state index contributed by atoms with van der Waals surface area (Å²) >= 11 is 1.82. The van der Waals surface area contributed by atoms with Crippen molar-refractivity contribution in [2.24, 2.45) is 10.9 Å². The van der Waals surface area contributed by atoms with Crippen LogP contribution in [0.25, 0.3) is 0 Å². The van der Waals surface area contributed by atoms with E-state index in [0.717, 1.165) is 56.9 Å². The lowest BCUT2D eigenvalue weighted by Gasteiger charge is -2.30. The average molecular weight is 384 g/mol. The van der Waals surface area contributed by atoms with Crippen molar-refractivity contribution in [1.82, 2.24) is 10.6 Å². The first kappa shape index (κ1) is 20.4. The number of hydrogen-bond acceptors (Lipinski definition) is 3. The zero-order valence-corrected chi connectivity index (χ0v) is 17.4. The van der Waals surface area contributed by atoms with Crippen LogP contribution in [0.15, 0.2) is 22.5 Å². The van der Waals surface area contributed by atoms with E-state index in [0.29, 0.717) is 17.2 Å². The third kappa shape index (κ3) is 7.10. The smallest absolute Gasteiger partial charge is 0.191 e. The number of nitrogens with zero attached hydrogens (tertiary/aromatic N) is 1. The third-order valence-electron chi connectivity index (χ3n) is 4.66. The molecule has 1 aromatic heterocycles. The van der Waals surface area contributed by atoms with E-state index in [2.05, 4.69) is 42.0 Å². The zero-order valence-electron chi connectivity index (χ0n) is 15.8. The highest BCUT2D eigenvalue weighted by Crippen LogP contribution is 2.23. The van der Waals surface area contributed by atoms with E-state index in [1.165, 1.54) is 4.88 Å². The highest BCUT2D eigenvalue weighted by Gasteiger charge is 2.26. The SMILES string of the molecule is CCNC(=NCC(C)Cc1cccs1)NC1CCCC(S(=O)CC)C1. The van der Waals surface area contributed by atoms with Crippen molar-refractivity contribution in [3.8, 4) is 0 Å². The molecule has 0 aromatic carbocycles. The predicted octanol–water partition coefficient (Wildman–Crippen LogP) is 3.56. The van der Waals surface area contributed by atoms with Crippen LogP contribution in [-0.4, -0.2) is 40.3 Å². The standard InChI is InChI=1S/C19H33N3OS2/c1-4-20-19(21-14-15(3)12-17-9-7-11-24-17)22-16-8-6-10-18(13-16)25(23)5-2/h7,9,11,15-16,18H,4-6,8,10,12-14H2,1-3H3,(H2,20,21,22). The Morgan fingerprint density at radius 2 is 2.28 bits per heavy atom. The summed E-state index contributed by atoms with van der Waals surface area (Å²) in [5.41, 5.74) is 0. The van der Waals surface area contributed by atoms with Crippen molar-refractivity contribution in [3.05, 3.63) is 22.4 Å². The van der Waals surface area contributed by atoms with Crippen LogP contribution < -0.4 is 10.6 Å². The van der Waals surface area contributed by atoms with E-state index in [-0.39, 0.29) is 0 Å². The Hall–Kier alpha value is -0.880. The van der Waals surface area contributed by atoms with Gasteiger partial charge in [-0.2, -0.15) is 0 Å². The number of rotatable bonds is 8. The fourth-order valence-electron chi connectivity index (χ4n) is 3.35. The second-order valence-corrected chi connectivity index (χ2v) is 9.95. The van der Waals surface area contributed by atoms with Gasteiger partial charge in [0, 0.05) is 45.8 Å². The molecule has 142 valence electrons. The largest absolute Gasteiger partial charge is 0.357 e. The lowest BCUT2D eigenvalue weighted by Crippen LogP contribution is -2.46. The molecule has 0 spiro atoms. The Bertz CT molecular complexity index is 545. The quantitative estimate of drug-likeness (QED) is 0.533. The Labute approximate surface area is 159 Å². The summed E-state index contributed by atoms with van der Waals surface area (Å²) in [4.78, 5) is 6.23. The average Bonchev–Trinajstić information content (AvgIpc) is 3.12. The maximum Gasteiger partial charge on any atom is 0.191 e. The molecule has 1 aliphatic rings. The normalized spacial score (nSPS) is 23.9. The summed E-state index contributed by atoms with van der Waals surface area (Å²) in [7, 11) is -0.682. The summed E-state index contributed by atoms with van der Waals surface area (Å²) < 4.78 is 12.1. The van der Waals surface area contributed by atoms with Crippen LogP contribution >= 0.6 is 11.3 Å². The van der Waals surface area contributed by atoms with Gasteiger partial charge >= 0.3 is 0 Å². The molecule has 1 heterocycles. The molecule has 2 N–H and O–H groups in total. The molecular formula is C19H33N3OS2. The van der Waals surface area contributed by atoms with Gasteiger partial charge in [0.1, 0.15) is 0 Å². The topological polar surface area (TPSA) is 53.5 Å². The summed E-state index contributed by atoms with van der Waals surface area (Å²) in [6, 6.07) is 4.70. The Kier molecular flexibility index (Phi) is 8.96. The molecule has 0 amide bonds. The van der Waals surface area contributed by atoms with Crippen LogP contribution in [0.3, 0.4) is 0 Å². The second-order valence-electron chi connectivity index (χ2n) is 6.91. The molecule has 0 bridgehead atoms. The highest BCUT2D eigenvalue weighted by atomic mass is 32.2. The fourth-order valence-corrected chi connectivity index (χ4v) is 5.57. The number of nitrogens with one attached hydrogen (secondary N) is 2. The van der Waals surface area contributed by atoms with Crippen molar-refractivity contribution >= 4 is 28.1 Å². The van der Waals surface area contributed by atoms with E-state index < -0.39 is 10.8 Å². The monoisotopic (exact) mass is 383 g/mol. The molecule has 4 unspecified atom stereocenters. The molecule has 6 heteroatoms. The first-order chi connectivity index (χ1) is 12.1. The van der Waals surface area contributed by atoms with Crippen molar-refractivity contribution < 1.29 is 4.21 Å². The third-order valence-corrected chi connectivity index (χ3v) is 7.30. The number of aliphatic imine (C=N–C) groups is 1. The molecule has 0 aliphatic heterocycles. The summed E-state index contributed by atoms with van der Waals surface area (Å²) in [6.45, 7) is 8.07. The molecule has 4 nitrogen and oxygen atoms in total. The molecule has 0 saturated heterocycles. The minimum absolute atomic E-state index is 0.344. The summed E-state index contributed by atoms with van der Waals surface area (Å²) in [5.74, 6) is 2.21. The molecule has 1 aromatic rings. The van der Waals surface area contributed by atoms with Gasteiger partial charge in [-0.25, -0.2) is 0 Å². The van der Waals surface area contributed by atoms with Gasteiger partial charge in [0.2, 0.25) is 0 Å². The first-order valence-corrected chi connectivity index (χ1v) is 11.8. The fraction of sp³-hybridized carbons (Fsp3) is 0.737. The van der Waals surface area contributed by atoms with Crippen LogP contribution in [0.2, 0.25) is 0 Å². The van der Waals surface area contributed by atoms with E-state index >= 15 is 0 Å². The van der Waals surface area contributed by atoms with Gasteiger partial charge in [0.05, 0.1) is 0 Å². The van der Waals surface area contributed by atoms with E-state index in [4.69, 9.17) is 4.99 Å². The first-order valence-electron chi connectivity index (χ1n) is 9.56. The van der Waals surface area contributed by atoms with Gasteiger partial charge in [0.15, 0.2) is 5.96 Å². The molecular weight excluding hydrogens is 350 g/mol. The molecule has 1 aliphatic carbocycles. The minimum Gasteiger partial charge on any atom is -0.357 e. The zero-order chi connectivity index (χ0) is 18.1. The summed E-state index contributed by atoms with van der Waals surface area (Å²) in [5, 5.41) is 9.43. The lowest BCUT2D eigenvalue weighted by atomic mass is 9.95. The summed E-state index contributed by atoms with van der Waals surface area (Å²) in [6.07, 6.45) is 5.48. The van der Waals surface area contributed by atoms with E-state index in [1.54, 1.807) is 0 Å².